The third-order valence-electron chi connectivity index (χ3n) is 3.49. The number of aromatic nitrogens is 2. The van der Waals surface area contributed by atoms with E-state index in [-0.39, 0.29) is 17.9 Å². The van der Waals surface area contributed by atoms with E-state index in [2.05, 4.69) is 15.3 Å². The van der Waals surface area contributed by atoms with Gasteiger partial charge in [-0.1, -0.05) is 53.2 Å². The molecule has 27 heavy (non-hydrogen) atoms. The van der Waals surface area contributed by atoms with Crippen LogP contribution < -0.4 is 10.9 Å². The van der Waals surface area contributed by atoms with Crippen LogP contribution in [0, 0.1) is 0 Å². The Morgan fingerprint density at radius 2 is 1.81 bits per heavy atom. The van der Waals surface area contributed by atoms with E-state index in [1.54, 1.807) is 30.3 Å². The zero-order chi connectivity index (χ0) is 19.2. The first kappa shape index (κ1) is 19.5. The van der Waals surface area contributed by atoms with Crippen LogP contribution in [0.4, 0.5) is 5.69 Å². The molecule has 0 saturated heterocycles. The zero-order valence-electron chi connectivity index (χ0n) is 14.0. The number of H-pyrrole nitrogens is 1. The Balaban J connectivity index is 1.65. The summed E-state index contributed by atoms with van der Waals surface area (Å²) in [6.07, 6.45) is -0.0127. The quantitative estimate of drug-likeness (QED) is 0.453. The number of hydrogen-bond acceptors (Lipinski definition) is 4. The maximum Gasteiger partial charge on any atom is 0.251 e. The van der Waals surface area contributed by atoms with Gasteiger partial charge in [0.25, 0.3) is 5.56 Å². The van der Waals surface area contributed by atoms with E-state index >= 15 is 0 Å². The highest BCUT2D eigenvalue weighted by molar-refractivity contribution is 7.98. The Morgan fingerprint density at radius 1 is 1.07 bits per heavy atom. The van der Waals surface area contributed by atoms with Crippen LogP contribution in [-0.4, -0.2) is 15.9 Å². The maximum atomic E-state index is 12.2. The number of thioether (sulfide) groups is 1. The van der Waals surface area contributed by atoms with Crippen molar-refractivity contribution in [2.24, 2.45) is 0 Å². The van der Waals surface area contributed by atoms with E-state index in [4.69, 9.17) is 23.2 Å². The summed E-state index contributed by atoms with van der Waals surface area (Å²) in [4.78, 5) is 31.1. The molecule has 0 aliphatic carbocycles. The molecule has 0 bridgehead atoms. The van der Waals surface area contributed by atoms with Crippen molar-refractivity contribution in [3.63, 3.8) is 0 Å². The number of halogens is 2. The number of carbonyl (C=O) groups is 1. The Kier molecular flexibility index (Phi) is 6.55. The number of benzene rings is 2. The number of carbonyl (C=O) groups excluding carboxylic acids is 1. The minimum Gasteiger partial charge on any atom is -0.326 e. The SMILES string of the molecule is O=C(Cc1cc(=O)[nH]c(SCc2cccc(Cl)c2)n1)Nc1cccc(Cl)c1. The molecule has 0 saturated carbocycles. The van der Waals surface area contributed by atoms with Gasteiger partial charge >= 0.3 is 0 Å². The first-order valence-corrected chi connectivity index (χ1v) is 9.75. The van der Waals surface area contributed by atoms with Crippen molar-refractivity contribution in [1.29, 1.82) is 0 Å². The van der Waals surface area contributed by atoms with Gasteiger partial charge in [0, 0.05) is 27.6 Å². The van der Waals surface area contributed by atoms with Gasteiger partial charge in [-0.05, 0) is 35.9 Å². The smallest absolute Gasteiger partial charge is 0.251 e. The fraction of sp³-hybridized carbons (Fsp3) is 0.105. The molecule has 0 unspecified atom stereocenters. The number of hydrogen-bond donors (Lipinski definition) is 2. The predicted molar refractivity (Wildman–Crippen MR) is 110 cm³/mol. The average Bonchev–Trinajstić information content (AvgIpc) is 2.59. The average molecular weight is 420 g/mol. The van der Waals surface area contributed by atoms with Crippen LogP contribution in [0.15, 0.2) is 64.5 Å². The van der Waals surface area contributed by atoms with Gasteiger partial charge in [0.2, 0.25) is 5.91 Å². The van der Waals surface area contributed by atoms with Crippen molar-refractivity contribution >= 4 is 46.6 Å². The molecule has 1 amide bonds. The number of aromatic amines is 1. The van der Waals surface area contributed by atoms with Crippen LogP contribution in [0.5, 0.6) is 0 Å². The number of anilines is 1. The number of nitrogens with one attached hydrogen (secondary N) is 2. The van der Waals surface area contributed by atoms with E-state index in [0.717, 1.165) is 5.56 Å². The monoisotopic (exact) mass is 419 g/mol. The molecule has 2 aromatic carbocycles. The number of amides is 1. The molecule has 0 aliphatic heterocycles. The molecule has 0 aliphatic rings. The first-order chi connectivity index (χ1) is 13.0. The zero-order valence-corrected chi connectivity index (χ0v) is 16.4. The summed E-state index contributed by atoms with van der Waals surface area (Å²) in [5, 5.41) is 4.37. The summed E-state index contributed by atoms with van der Waals surface area (Å²) in [5.74, 6) is 0.322. The molecule has 2 N–H and O–H groups in total. The van der Waals surface area contributed by atoms with E-state index in [9.17, 15) is 9.59 Å². The summed E-state index contributed by atoms with van der Waals surface area (Å²) < 4.78 is 0. The highest BCUT2D eigenvalue weighted by Crippen LogP contribution is 2.21. The van der Waals surface area contributed by atoms with Gasteiger partial charge in [0.1, 0.15) is 0 Å². The molecule has 138 valence electrons. The predicted octanol–water partition coefficient (Wildman–Crippen LogP) is 4.55. The van der Waals surface area contributed by atoms with Crippen molar-refractivity contribution < 1.29 is 4.79 Å². The second-order valence-electron chi connectivity index (χ2n) is 5.70. The van der Waals surface area contributed by atoms with Gasteiger partial charge in [-0.3, -0.25) is 9.59 Å². The number of nitrogens with zero attached hydrogens (tertiary/aromatic N) is 1. The molecular formula is C19H15Cl2N3O2S. The fourth-order valence-corrected chi connectivity index (χ4v) is 3.60. The normalized spacial score (nSPS) is 10.6. The Hall–Kier alpha value is -2.28. The molecule has 0 atom stereocenters. The van der Waals surface area contributed by atoms with Crippen molar-refractivity contribution in [2.75, 3.05) is 5.32 Å². The molecular weight excluding hydrogens is 405 g/mol. The van der Waals surface area contributed by atoms with Gasteiger partial charge in [0.15, 0.2) is 5.16 Å². The molecule has 5 nitrogen and oxygen atoms in total. The fourth-order valence-electron chi connectivity index (χ4n) is 2.36. The van der Waals surface area contributed by atoms with Gasteiger partial charge in [-0.2, -0.15) is 0 Å². The minimum atomic E-state index is -0.302. The summed E-state index contributed by atoms with van der Waals surface area (Å²) >= 11 is 13.2. The van der Waals surface area contributed by atoms with E-state index in [1.807, 2.05) is 18.2 Å². The summed E-state index contributed by atoms with van der Waals surface area (Å²) in [6.45, 7) is 0. The third-order valence-corrected chi connectivity index (χ3v) is 4.90. The lowest BCUT2D eigenvalue weighted by Crippen LogP contribution is -2.18. The Labute approximate surface area is 170 Å². The highest BCUT2D eigenvalue weighted by atomic mass is 35.5. The first-order valence-electron chi connectivity index (χ1n) is 8.01. The molecule has 0 radical (unpaired) electrons. The van der Waals surface area contributed by atoms with Gasteiger partial charge in [-0.15, -0.1) is 0 Å². The van der Waals surface area contributed by atoms with Crippen molar-refractivity contribution in [2.45, 2.75) is 17.3 Å². The third kappa shape index (κ3) is 6.13. The highest BCUT2D eigenvalue weighted by Gasteiger charge is 2.09. The molecule has 1 aromatic heterocycles. The van der Waals surface area contributed by atoms with Crippen LogP contribution in [-0.2, 0) is 17.0 Å². The van der Waals surface area contributed by atoms with Crippen molar-refractivity contribution in [3.05, 3.63) is 86.3 Å². The topological polar surface area (TPSA) is 74.8 Å². The summed E-state index contributed by atoms with van der Waals surface area (Å²) in [5.41, 5.74) is 1.70. The van der Waals surface area contributed by atoms with Crippen LogP contribution in [0.3, 0.4) is 0 Å². The van der Waals surface area contributed by atoms with E-state index < -0.39 is 0 Å². The molecule has 3 rings (SSSR count). The second-order valence-corrected chi connectivity index (χ2v) is 7.53. The molecule has 0 spiro atoms. The van der Waals surface area contributed by atoms with Crippen LogP contribution >= 0.6 is 35.0 Å². The Bertz CT molecular complexity index is 1020. The largest absolute Gasteiger partial charge is 0.326 e. The van der Waals surface area contributed by atoms with E-state index in [0.29, 0.717) is 32.3 Å². The lowest BCUT2D eigenvalue weighted by atomic mass is 10.2. The summed E-state index contributed by atoms with van der Waals surface area (Å²) in [6, 6.07) is 15.6. The lowest BCUT2D eigenvalue weighted by Gasteiger charge is -2.07. The number of rotatable bonds is 6. The molecule has 0 fully saturated rings. The van der Waals surface area contributed by atoms with E-state index in [1.165, 1.54) is 17.8 Å². The standard InChI is InChI=1S/C19H15Cl2N3O2S/c20-13-4-1-3-12(7-13)11-27-19-23-16(10-18(26)24-19)9-17(25)22-15-6-2-5-14(21)8-15/h1-8,10H,9,11H2,(H,22,25)(H,23,24,26). The summed E-state index contributed by atoms with van der Waals surface area (Å²) in [7, 11) is 0. The van der Waals surface area contributed by atoms with Crippen molar-refractivity contribution in [3.8, 4) is 0 Å². The second kappa shape index (κ2) is 9.08. The van der Waals surface area contributed by atoms with Crippen molar-refractivity contribution in [1.82, 2.24) is 9.97 Å². The van der Waals surface area contributed by atoms with Crippen LogP contribution in [0.1, 0.15) is 11.3 Å². The molecule has 3 aromatic rings. The lowest BCUT2D eigenvalue weighted by molar-refractivity contribution is -0.115. The van der Waals surface area contributed by atoms with Crippen LogP contribution in [0.2, 0.25) is 10.0 Å². The van der Waals surface area contributed by atoms with Gasteiger partial charge in [-0.25, -0.2) is 4.98 Å². The molecule has 1 heterocycles. The molecule has 8 heteroatoms. The van der Waals surface area contributed by atoms with Gasteiger partial charge in [0.05, 0.1) is 12.1 Å². The Morgan fingerprint density at radius 3 is 2.56 bits per heavy atom. The maximum absolute atomic E-state index is 12.2. The van der Waals surface area contributed by atoms with Gasteiger partial charge < -0.3 is 10.3 Å². The van der Waals surface area contributed by atoms with Crippen LogP contribution in [0.25, 0.3) is 0 Å². The minimum absolute atomic E-state index is 0.0127.